The lowest BCUT2D eigenvalue weighted by Crippen LogP contribution is -2.40. The molecule has 1 rings (SSSR count). The van der Waals surface area contributed by atoms with Crippen molar-refractivity contribution < 1.29 is 19.5 Å². The SMILES string of the molecule is CCCCC(=O)N(CCNC(=O)C(CS)CC(C)C)Cc1ccc(C(=O)O)cc1. The van der Waals surface area contributed by atoms with Crippen LogP contribution in [0, 0.1) is 11.8 Å². The standard InChI is InChI=1S/C22H34N2O4S/c1-4-5-6-20(25)24(14-17-7-9-18(10-8-17)22(27)28)12-11-23-21(26)19(15-29)13-16(2)3/h7-10,16,19,29H,4-6,11-15H2,1-3H3,(H,23,26)(H,27,28). The minimum absolute atomic E-state index is 0.0273. The molecule has 1 unspecified atom stereocenters. The van der Waals surface area contributed by atoms with E-state index in [0.29, 0.717) is 37.7 Å². The number of nitrogens with zero attached hydrogens (tertiary/aromatic N) is 1. The molecule has 1 aromatic rings. The molecule has 0 bridgehead atoms. The Balaban J connectivity index is 2.71. The molecule has 2 N–H and O–H groups in total. The lowest BCUT2D eigenvalue weighted by Gasteiger charge is -2.24. The Kier molecular flexibility index (Phi) is 11.4. The average molecular weight is 423 g/mol. The molecule has 0 aliphatic carbocycles. The van der Waals surface area contributed by atoms with Crippen LogP contribution in [0.4, 0.5) is 0 Å². The maximum atomic E-state index is 12.6. The number of amides is 2. The van der Waals surface area contributed by atoms with E-state index in [0.717, 1.165) is 24.8 Å². The van der Waals surface area contributed by atoms with Crippen LogP contribution < -0.4 is 5.32 Å². The normalized spacial score (nSPS) is 11.9. The molecule has 162 valence electrons. The van der Waals surface area contributed by atoms with Gasteiger partial charge in [0.15, 0.2) is 0 Å². The molecule has 0 heterocycles. The van der Waals surface area contributed by atoms with Gasteiger partial charge >= 0.3 is 5.97 Å². The third-order valence-corrected chi connectivity index (χ3v) is 5.14. The van der Waals surface area contributed by atoms with Crippen molar-refractivity contribution in [2.75, 3.05) is 18.8 Å². The Morgan fingerprint density at radius 2 is 1.83 bits per heavy atom. The second-order valence-corrected chi connectivity index (χ2v) is 8.09. The fraction of sp³-hybridized carbons (Fsp3) is 0.591. The van der Waals surface area contributed by atoms with Crippen molar-refractivity contribution in [2.24, 2.45) is 11.8 Å². The smallest absolute Gasteiger partial charge is 0.335 e. The van der Waals surface area contributed by atoms with Crippen LogP contribution in [0.15, 0.2) is 24.3 Å². The zero-order valence-electron chi connectivity index (χ0n) is 17.7. The summed E-state index contributed by atoms with van der Waals surface area (Å²) in [6.45, 7) is 7.37. The van der Waals surface area contributed by atoms with Crippen molar-refractivity contribution in [1.29, 1.82) is 0 Å². The predicted octanol–water partition coefficient (Wildman–Crippen LogP) is 3.61. The van der Waals surface area contributed by atoms with Gasteiger partial charge in [-0.2, -0.15) is 12.6 Å². The molecule has 0 aromatic heterocycles. The third kappa shape index (κ3) is 9.35. The van der Waals surface area contributed by atoms with Crippen LogP contribution in [0.5, 0.6) is 0 Å². The molecule has 0 saturated carbocycles. The number of unbranched alkanes of at least 4 members (excludes halogenated alkanes) is 1. The van der Waals surface area contributed by atoms with Crippen LogP contribution in [0.3, 0.4) is 0 Å². The van der Waals surface area contributed by atoms with Crippen molar-refractivity contribution in [3.8, 4) is 0 Å². The van der Waals surface area contributed by atoms with Gasteiger partial charge in [-0.3, -0.25) is 9.59 Å². The lowest BCUT2D eigenvalue weighted by molar-refractivity contribution is -0.132. The number of thiol groups is 1. The number of carboxylic acid groups (broad SMARTS) is 1. The van der Waals surface area contributed by atoms with Crippen molar-refractivity contribution in [3.05, 3.63) is 35.4 Å². The van der Waals surface area contributed by atoms with E-state index in [9.17, 15) is 14.4 Å². The summed E-state index contributed by atoms with van der Waals surface area (Å²) in [6.07, 6.45) is 2.99. The molecule has 0 fully saturated rings. The first-order chi connectivity index (χ1) is 13.8. The van der Waals surface area contributed by atoms with E-state index in [1.807, 2.05) is 6.92 Å². The summed E-state index contributed by atoms with van der Waals surface area (Å²) in [5, 5.41) is 12.0. The summed E-state index contributed by atoms with van der Waals surface area (Å²) in [7, 11) is 0. The Morgan fingerprint density at radius 3 is 2.34 bits per heavy atom. The van der Waals surface area contributed by atoms with E-state index in [1.165, 1.54) is 12.1 Å². The highest BCUT2D eigenvalue weighted by Crippen LogP contribution is 2.14. The van der Waals surface area contributed by atoms with Crippen molar-refractivity contribution in [1.82, 2.24) is 10.2 Å². The van der Waals surface area contributed by atoms with Gasteiger partial charge in [-0.15, -0.1) is 0 Å². The highest BCUT2D eigenvalue weighted by molar-refractivity contribution is 7.80. The Labute approximate surface area is 179 Å². The van der Waals surface area contributed by atoms with Gasteiger partial charge in [-0.1, -0.05) is 39.3 Å². The predicted molar refractivity (Wildman–Crippen MR) is 118 cm³/mol. The van der Waals surface area contributed by atoms with E-state index in [1.54, 1.807) is 17.0 Å². The summed E-state index contributed by atoms with van der Waals surface area (Å²) in [4.78, 5) is 37.7. The molecular formula is C22H34N2O4S. The quantitative estimate of drug-likeness (QED) is 0.424. The van der Waals surface area contributed by atoms with Gasteiger partial charge in [0.05, 0.1) is 5.56 Å². The molecule has 0 saturated heterocycles. The summed E-state index contributed by atoms with van der Waals surface area (Å²) >= 11 is 4.28. The van der Waals surface area contributed by atoms with Crippen LogP contribution in [0.2, 0.25) is 0 Å². The second-order valence-electron chi connectivity index (χ2n) is 7.72. The largest absolute Gasteiger partial charge is 0.478 e. The van der Waals surface area contributed by atoms with Gasteiger partial charge in [-0.25, -0.2) is 4.79 Å². The van der Waals surface area contributed by atoms with E-state index in [2.05, 4.69) is 31.8 Å². The molecule has 29 heavy (non-hydrogen) atoms. The highest BCUT2D eigenvalue weighted by atomic mass is 32.1. The van der Waals surface area contributed by atoms with E-state index in [-0.39, 0.29) is 23.3 Å². The molecule has 1 aromatic carbocycles. The molecule has 0 spiro atoms. The Hall–Kier alpha value is -2.02. The minimum atomic E-state index is -0.977. The van der Waals surface area contributed by atoms with Crippen LogP contribution in [0.25, 0.3) is 0 Å². The lowest BCUT2D eigenvalue weighted by atomic mass is 9.98. The number of hydrogen-bond donors (Lipinski definition) is 3. The zero-order valence-corrected chi connectivity index (χ0v) is 18.6. The first kappa shape index (κ1) is 25.0. The molecular weight excluding hydrogens is 388 g/mol. The molecule has 0 aliphatic rings. The van der Waals surface area contributed by atoms with E-state index in [4.69, 9.17) is 5.11 Å². The van der Waals surface area contributed by atoms with Gasteiger partial charge in [0.1, 0.15) is 0 Å². The first-order valence-electron chi connectivity index (χ1n) is 10.3. The fourth-order valence-corrected chi connectivity index (χ4v) is 3.36. The van der Waals surface area contributed by atoms with Crippen LogP contribution >= 0.6 is 12.6 Å². The van der Waals surface area contributed by atoms with Crippen LogP contribution in [0.1, 0.15) is 62.4 Å². The molecule has 0 radical (unpaired) electrons. The maximum Gasteiger partial charge on any atom is 0.335 e. The minimum Gasteiger partial charge on any atom is -0.478 e. The zero-order chi connectivity index (χ0) is 21.8. The summed E-state index contributed by atoms with van der Waals surface area (Å²) in [5.41, 5.74) is 1.08. The van der Waals surface area contributed by atoms with Gasteiger partial charge in [0, 0.05) is 37.7 Å². The molecule has 6 nitrogen and oxygen atoms in total. The van der Waals surface area contributed by atoms with Crippen LogP contribution in [-0.4, -0.2) is 46.6 Å². The highest BCUT2D eigenvalue weighted by Gasteiger charge is 2.19. The van der Waals surface area contributed by atoms with Crippen molar-refractivity contribution >= 4 is 30.4 Å². The number of carbonyl (C=O) groups is 3. The Bertz CT molecular complexity index is 661. The number of benzene rings is 1. The third-order valence-electron chi connectivity index (χ3n) is 4.70. The van der Waals surface area contributed by atoms with Crippen LogP contribution in [-0.2, 0) is 16.1 Å². The summed E-state index contributed by atoms with van der Waals surface area (Å²) < 4.78 is 0. The summed E-state index contributed by atoms with van der Waals surface area (Å²) in [6, 6.07) is 6.53. The van der Waals surface area contributed by atoms with Crippen molar-refractivity contribution in [2.45, 2.75) is 53.0 Å². The number of nitrogens with one attached hydrogen (secondary N) is 1. The van der Waals surface area contributed by atoms with E-state index < -0.39 is 5.97 Å². The number of aromatic carboxylic acids is 1. The molecule has 7 heteroatoms. The van der Waals surface area contributed by atoms with Gasteiger partial charge in [-0.05, 0) is 36.5 Å². The van der Waals surface area contributed by atoms with E-state index >= 15 is 0 Å². The molecule has 1 atom stereocenters. The topological polar surface area (TPSA) is 86.7 Å². The maximum absolute atomic E-state index is 12.6. The van der Waals surface area contributed by atoms with Gasteiger partial charge in [0.25, 0.3) is 0 Å². The number of rotatable bonds is 13. The first-order valence-corrected chi connectivity index (χ1v) is 10.9. The molecule has 2 amide bonds. The van der Waals surface area contributed by atoms with Gasteiger partial charge in [0.2, 0.25) is 11.8 Å². The Morgan fingerprint density at radius 1 is 1.17 bits per heavy atom. The number of carbonyl (C=O) groups excluding carboxylic acids is 2. The monoisotopic (exact) mass is 422 g/mol. The second kappa shape index (κ2) is 13.2. The summed E-state index contributed by atoms with van der Waals surface area (Å²) in [5.74, 6) is -0.184. The fourth-order valence-electron chi connectivity index (χ4n) is 3.04. The number of hydrogen-bond acceptors (Lipinski definition) is 4. The number of carboxylic acids is 1. The average Bonchev–Trinajstić information content (AvgIpc) is 2.69. The van der Waals surface area contributed by atoms with Crippen molar-refractivity contribution in [3.63, 3.8) is 0 Å². The molecule has 0 aliphatic heterocycles. The van der Waals surface area contributed by atoms with Gasteiger partial charge < -0.3 is 15.3 Å².